The highest BCUT2D eigenvalue weighted by Gasteiger charge is 2.24. The first kappa shape index (κ1) is 14.1. The topological polar surface area (TPSA) is 40.9 Å². The number of fused-ring (bicyclic) bond motifs is 1. The maximum Gasteiger partial charge on any atom is 0.170 e. The van der Waals surface area contributed by atoms with Crippen molar-refractivity contribution in [3.05, 3.63) is 30.1 Å². The molecule has 0 aromatic carbocycles. The molecule has 0 N–H and O–H groups in total. The molecule has 5 heteroatoms. The Morgan fingerprint density at radius 2 is 2.05 bits per heavy atom. The van der Waals surface area contributed by atoms with E-state index in [4.69, 9.17) is 0 Å². The van der Waals surface area contributed by atoms with Crippen LogP contribution in [0.3, 0.4) is 0 Å². The van der Waals surface area contributed by atoms with E-state index in [0.717, 1.165) is 43.9 Å². The number of anilines is 1. The molecular weight excluding hydrogens is 264 g/mol. The van der Waals surface area contributed by atoms with Crippen molar-refractivity contribution < 1.29 is 4.79 Å². The van der Waals surface area contributed by atoms with Gasteiger partial charge in [-0.15, -0.1) is 0 Å². The Kier molecular flexibility index (Phi) is 3.92. The first-order chi connectivity index (χ1) is 10.2. The van der Waals surface area contributed by atoms with Gasteiger partial charge in [0.15, 0.2) is 12.1 Å². The second kappa shape index (κ2) is 5.85. The van der Waals surface area contributed by atoms with E-state index in [-0.39, 0.29) is 0 Å². The zero-order valence-electron chi connectivity index (χ0n) is 12.7. The minimum Gasteiger partial charge on any atom is -0.352 e. The van der Waals surface area contributed by atoms with Gasteiger partial charge in [-0.05, 0) is 25.5 Å². The van der Waals surface area contributed by atoms with Crippen LogP contribution in [-0.4, -0.2) is 52.8 Å². The molecule has 21 heavy (non-hydrogen) atoms. The molecule has 3 heterocycles. The van der Waals surface area contributed by atoms with Gasteiger partial charge in [0.05, 0.1) is 0 Å². The summed E-state index contributed by atoms with van der Waals surface area (Å²) in [4.78, 5) is 20.8. The van der Waals surface area contributed by atoms with E-state index in [2.05, 4.69) is 28.6 Å². The molecule has 0 bridgehead atoms. The summed E-state index contributed by atoms with van der Waals surface area (Å²) >= 11 is 0. The number of imidazole rings is 1. The Balaban J connectivity index is 1.84. The lowest BCUT2D eigenvalue weighted by atomic mass is 10.2. The van der Waals surface area contributed by atoms with Crippen molar-refractivity contribution in [1.82, 2.24) is 14.3 Å². The highest BCUT2D eigenvalue weighted by Crippen LogP contribution is 2.22. The van der Waals surface area contributed by atoms with Crippen LogP contribution < -0.4 is 4.90 Å². The second-order valence-electron chi connectivity index (χ2n) is 5.65. The molecule has 1 aliphatic heterocycles. The van der Waals surface area contributed by atoms with Gasteiger partial charge >= 0.3 is 0 Å². The van der Waals surface area contributed by atoms with Crippen LogP contribution >= 0.6 is 0 Å². The third-order valence-electron chi connectivity index (χ3n) is 4.49. The zero-order valence-corrected chi connectivity index (χ0v) is 12.7. The van der Waals surface area contributed by atoms with Crippen molar-refractivity contribution in [3.63, 3.8) is 0 Å². The minimum atomic E-state index is 0.624. The molecule has 0 amide bonds. The van der Waals surface area contributed by atoms with Crippen molar-refractivity contribution in [1.29, 1.82) is 0 Å². The molecule has 0 saturated carbocycles. The van der Waals surface area contributed by atoms with Gasteiger partial charge < -0.3 is 4.90 Å². The number of pyridine rings is 1. The lowest BCUT2D eigenvalue weighted by Crippen LogP contribution is -2.49. The van der Waals surface area contributed by atoms with Crippen LogP contribution in [0, 0.1) is 0 Å². The predicted molar refractivity (Wildman–Crippen MR) is 84.1 cm³/mol. The number of hydrogen-bond donors (Lipinski definition) is 0. The largest absolute Gasteiger partial charge is 0.352 e. The quantitative estimate of drug-likeness (QED) is 0.807. The number of aromatic nitrogens is 2. The lowest BCUT2D eigenvalue weighted by molar-refractivity contribution is 0.111. The summed E-state index contributed by atoms with van der Waals surface area (Å²) in [6.45, 7) is 8.41. The smallest absolute Gasteiger partial charge is 0.170 e. The van der Waals surface area contributed by atoms with Gasteiger partial charge in [0.2, 0.25) is 0 Å². The fraction of sp³-hybridized carbons (Fsp3) is 0.500. The predicted octanol–water partition coefficient (Wildman–Crippen LogP) is 2.07. The van der Waals surface area contributed by atoms with Gasteiger partial charge in [0.1, 0.15) is 11.3 Å². The Morgan fingerprint density at radius 1 is 1.29 bits per heavy atom. The van der Waals surface area contributed by atoms with Crippen LogP contribution in [0.2, 0.25) is 0 Å². The Morgan fingerprint density at radius 3 is 2.71 bits per heavy atom. The monoisotopic (exact) mass is 286 g/mol. The van der Waals surface area contributed by atoms with Crippen LogP contribution in [0.1, 0.15) is 30.8 Å². The van der Waals surface area contributed by atoms with Crippen LogP contribution in [0.15, 0.2) is 24.4 Å². The van der Waals surface area contributed by atoms with Gasteiger partial charge in [-0.25, -0.2) is 4.98 Å². The maximum absolute atomic E-state index is 11.5. The average molecular weight is 286 g/mol. The highest BCUT2D eigenvalue weighted by molar-refractivity contribution is 5.83. The van der Waals surface area contributed by atoms with E-state index in [1.165, 1.54) is 6.42 Å². The highest BCUT2D eigenvalue weighted by atomic mass is 16.1. The lowest BCUT2D eigenvalue weighted by Gasteiger charge is -2.38. The minimum absolute atomic E-state index is 0.624. The van der Waals surface area contributed by atoms with Crippen LogP contribution in [0.4, 0.5) is 5.82 Å². The molecule has 1 saturated heterocycles. The molecule has 112 valence electrons. The molecular formula is C16H22N4O. The fourth-order valence-corrected chi connectivity index (χ4v) is 2.98. The Bertz CT molecular complexity index is 628. The maximum atomic E-state index is 11.5. The standard InChI is InChI=1S/C16H22N4O/c1-3-13(2)18-8-10-19(11-9-18)16-14(12-21)20-7-5-4-6-15(20)17-16/h4-7,12-13H,3,8-11H2,1-2H3. The number of nitrogens with zero attached hydrogens (tertiary/aromatic N) is 4. The van der Waals surface area contributed by atoms with E-state index < -0.39 is 0 Å². The van der Waals surface area contributed by atoms with Crippen LogP contribution in [0.5, 0.6) is 0 Å². The Hall–Kier alpha value is -1.88. The summed E-state index contributed by atoms with van der Waals surface area (Å²) in [6.07, 6.45) is 3.98. The molecule has 0 radical (unpaired) electrons. The average Bonchev–Trinajstić information content (AvgIpc) is 2.92. The van der Waals surface area contributed by atoms with Gasteiger partial charge in [-0.1, -0.05) is 13.0 Å². The van der Waals surface area contributed by atoms with Crippen molar-refractivity contribution in [3.8, 4) is 0 Å². The molecule has 1 aliphatic rings. The zero-order chi connectivity index (χ0) is 14.8. The van der Waals surface area contributed by atoms with Crippen molar-refractivity contribution in [2.45, 2.75) is 26.3 Å². The number of carbonyl (C=O) groups excluding carboxylic acids is 1. The number of piperazine rings is 1. The van der Waals surface area contributed by atoms with Gasteiger partial charge in [-0.3, -0.25) is 14.1 Å². The molecule has 1 unspecified atom stereocenters. The molecule has 0 spiro atoms. The number of carbonyl (C=O) groups is 1. The Labute approximate surface area is 125 Å². The van der Waals surface area contributed by atoms with Crippen molar-refractivity contribution >= 4 is 17.8 Å². The van der Waals surface area contributed by atoms with E-state index in [1.54, 1.807) is 0 Å². The number of hydrogen-bond acceptors (Lipinski definition) is 4. The van der Waals surface area contributed by atoms with Crippen LogP contribution in [0.25, 0.3) is 5.65 Å². The normalized spacial score (nSPS) is 18.1. The fourth-order valence-electron chi connectivity index (χ4n) is 2.98. The summed E-state index contributed by atoms with van der Waals surface area (Å²) in [5, 5.41) is 0. The van der Waals surface area contributed by atoms with Crippen molar-refractivity contribution in [2.75, 3.05) is 31.1 Å². The molecule has 0 aliphatic carbocycles. The summed E-state index contributed by atoms with van der Waals surface area (Å²) in [5.74, 6) is 0.819. The van der Waals surface area contributed by atoms with Crippen LogP contribution in [-0.2, 0) is 0 Å². The van der Waals surface area contributed by atoms with E-state index in [9.17, 15) is 4.79 Å². The summed E-state index contributed by atoms with van der Waals surface area (Å²) in [5.41, 5.74) is 1.49. The van der Waals surface area contributed by atoms with Gasteiger partial charge in [0.25, 0.3) is 0 Å². The number of rotatable bonds is 4. The molecule has 2 aromatic rings. The third kappa shape index (κ3) is 2.53. The number of aldehydes is 1. The first-order valence-electron chi connectivity index (χ1n) is 7.66. The molecule has 1 atom stereocenters. The molecule has 2 aromatic heterocycles. The summed E-state index contributed by atoms with van der Waals surface area (Å²) in [7, 11) is 0. The van der Waals surface area contributed by atoms with Gasteiger partial charge in [0, 0.05) is 38.4 Å². The van der Waals surface area contributed by atoms with Gasteiger partial charge in [-0.2, -0.15) is 0 Å². The first-order valence-corrected chi connectivity index (χ1v) is 7.66. The second-order valence-corrected chi connectivity index (χ2v) is 5.65. The molecule has 1 fully saturated rings. The third-order valence-corrected chi connectivity index (χ3v) is 4.49. The van der Waals surface area contributed by atoms with Crippen molar-refractivity contribution in [2.24, 2.45) is 0 Å². The van der Waals surface area contributed by atoms with E-state index in [0.29, 0.717) is 11.7 Å². The van der Waals surface area contributed by atoms with E-state index in [1.807, 2.05) is 28.8 Å². The molecule has 5 nitrogen and oxygen atoms in total. The van der Waals surface area contributed by atoms with E-state index >= 15 is 0 Å². The summed E-state index contributed by atoms with van der Waals surface area (Å²) < 4.78 is 1.86. The molecule has 3 rings (SSSR count). The SMILES string of the molecule is CCC(C)N1CCN(c2nc3ccccn3c2C=O)CC1. The summed E-state index contributed by atoms with van der Waals surface area (Å²) in [6, 6.07) is 6.43.